The van der Waals surface area contributed by atoms with Gasteiger partial charge >= 0.3 is 0 Å². The second-order valence-electron chi connectivity index (χ2n) is 6.59. The van der Waals surface area contributed by atoms with Crippen LogP contribution in [-0.2, 0) is 6.42 Å². The van der Waals surface area contributed by atoms with Gasteiger partial charge in [-0.1, -0.05) is 41.9 Å². The normalized spacial score (nSPS) is 10.6. The number of benzene rings is 3. The predicted molar refractivity (Wildman–Crippen MR) is 123 cm³/mol. The number of hydrogen-bond acceptors (Lipinski definition) is 4. The molecule has 0 bridgehead atoms. The fraction of sp³-hybridized carbons (Fsp3) is 0.0417. The summed E-state index contributed by atoms with van der Waals surface area (Å²) in [4.78, 5) is 24.8. The van der Waals surface area contributed by atoms with Crippen LogP contribution in [0.1, 0.15) is 31.8 Å². The van der Waals surface area contributed by atoms with Crippen LogP contribution in [0.3, 0.4) is 0 Å². The van der Waals surface area contributed by atoms with Gasteiger partial charge in [-0.3, -0.25) is 9.59 Å². The third-order valence-electron chi connectivity index (χ3n) is 4.35. The number of phenols is 1. The maximum atomic E-state index is 12.4. The molecule has 0 atom stereocenters. The zero-order valence-electron chi connectivity index (χ0n) is 16.5. The van der Waals surface area contributed by atoms with E-state index in [4.69, 9.17) is 11.6 Å². The predicted octanol–water partition coefficient (Wildman–Crippen LogP) is 4.79. The molecule has 3 rings (SSSR count). The van der Waals surface area contributed by atoms with Gasteiger partial charge in [0.15, 0.2) is 0 Å². The van der Waals surface area contributed by atoms with Crippen molar-refractivity contribution in [1.29, 1.82) is 0 Å². The van der Waals surface area contributed by atoms with Gasteiger partial charge in [-0.25, -0.2) is 5.43 Å². The van der Waals surface area contributed by atoms with Crippen LogP contribution in [-0.4, -0.2) is 23.1 Å². The number of amides is 2. The van der Waals surface area contributed by atoms with E-state index in [1.807, 2.05) is 0 Å². The molecule has 31 heavy (non-hydrogen) atoms. The first-order valence-electron chi connectivity index (χ1n) is 9.40. The molecular weight excluding hydrogens is 414 g/mol. The number of hydrazone groups is 1. The molecule has 6 nitrogen and oxygen atoms in total. The number of carbonyl (C=O) groups is 2. The van der Waals surface area contributed by atoms with Crippen LogP contribution in [0.2, 0.25) is 5.02 Å². The Morgan fingerprint density at radius 1 is 1.00 bits per heavy atom. The van der Waals surface area contributed by atoms with Crippen LogP contribution < -0.4 is 10.7 Å². The summed E-state index contributed by atoms with van der Waals surface area (Å²) in [6.07, 6.45) is 3.58. The number of carbonyl (C=O) groups excluding carboxylic acids is 2. The summed E-state index contributed by atoms with van der Waals surface area (Å²) in [7, 11) is 0. The fourth-order valence-electron chi connectivity index (χ4n) is 2.83. The van der Waals surface area contributed by atoms with E-state index in [0.717, 1.165) is 0 Å². The van der Waals surface area contributed by atoms with Crippen LogP contribution in [0, 0.1) is 0 Å². The first-order valence-corrected chi connectivity index (χ1v) is 9.78. The van der Waals surface area contributed by atoms with Gasteiger partial charge in [0, 0.05) is 27.4 Å². The monoisotopic (exact) mass is 433 g/mol. The third-order valence-corrected chi connectivity index (χ3v) is 4.59. The van der Waals surface area contributed by atoms with Gasteiger partial charge in [-0.2, -0.15) is 5.10 Å². The van der Waals surface area contributed by atoms with E-state index in [1.54, 1.807) is 66.7 Å². The first-order chi connectivity index (χ1) is 15.0. The molecule has 2 amide bonds. The Morgan fingerprint density at radius 2 is 1.71 bits per heavy atom. The molecule has 0 saturated heterocycles. The minimum absolute atomic E-state index is 0.0890. The largest absolute Gasteiger partial charge is 0.507 e. The quantitative estimate of drug-likeness (QED) is 0.284. The smallest absolute Gasteiger partial charge is 0.271 e. The highest BCUT2D eigenvalue weighted by atomic mass is 35.5. The first kappa shape index (κ1) is 21.8. The zero-order chi connectivity index (χ0) is 22.2. The highest BCUT2D eigenvalue weighted by Crippen LogP contribution is 2.21. The number of nitrogens with one attached hydrogen (secondary N) is 2. The lowest BCUT2D eigenvalue weighted by atomic mass is 10.1. The van der Waals surface area contributed by atoms with Crippen LogP contribution in [0.15, 0.2) is 84.5 Å². The molecule has 0 aromatic heterocycles. The Kier molecular flexibility index (Phi) is 7.19. The molecule has 0 radical (unpaired) electrons. The van der Waals surface area contributed by atoms with E-state index in [-0.39, 0.29) is 11.7 Å². The summed E-state index contributed by atoms with van der Waals surface area (Å²) >= 11 is 5.92. The van der Waals surface area contributed by atoms with E-state index >= 15 is 0 Å². The molecule has 0 aliphatic rings. The molecule has 3 N–H and O–H groups in total. The van der Waals surface area contributed by atoms with E-state index in [1.165, 1.54) is 12.3 Å². The van der Waals surface area contributed by atoms with Crippen molar-refractivity contribution in [2.24, 2.45) is 5.10 Å². The second-order valence-corrected chi connectivity index (χ2v) is 7.03. The Hall–Kier alpha value is -3.90. The van der Waals surface area contributed by atoms with Crippen LogP contribution in [0.25, 0.3) is 0 Å². The number of phenolic OH excluding ortho intramolecular Hbond substituents is 1. The van der Waals surface area contributed by atoms with Crippen molar-refractivity contribution in [2.45, 2.75) is 6.42 Å². The van der Waals surface area contributed by atoms with Crippen molar-refractivity contribution >= 4 is 35.3 Å². The average Bonchev–Trinajstić information content (AvgIpc) is 2.76. The number of hydrogen-bond donors (Lipinski definition) is 3. The summed E-state index contributed by atoms with van der Waals surface area (Å²) in [6, 6.07) is 18.3. The summed E-state index contributed by atoms with van der Waals surface area (Å²) in [5, 5.41) is 17.3. The van der Waals surface area contributed by atoms with Crippen LogP contribution in [0.4, 0.5) is 5.69 Å². The molecule has 3 aromatic carbocycles. The van der Waals surface area contributed by atoms with Gasteiger partial charge in [0.05, 0.1) is 6.21 Å². The standard InChI is InChI=1S/C24H20ClN3O3/c1-2-6-16-7-3-10-19(22(16)29)15-26-28-24(31)18-9-5-12-21(14-18)27-23(30)17-8-4-11-20(25)13-17/h2-5,7-15,29H,1,6H2,(H,27,30)(H,28,31)/b26-15+. The SMILES string of the molecule is C=CCc1cccc(/C=N/NC(=O)c2cccc(NC(=O)c3cccc(Cl)c3)c2)c1O. The Labute approximate surface area is 184 Å². The summed E-state index contributed by atoms with van der Waals surface area (Å²) < 4.78 is 0. The molecule has 0 spiro atoms. The number of halogens is 1. The number of anilines is 1. The number of rotatable bonds is 7. The molecule has 0 aliphatic heterocycles. The lowest BCUT2D eigenvalue weighted by Crippen LogP contribution is -2.18. The van der Waals surface area contributed by atoms with Gasteiger partial charge in [-0.15, -0.1) is 6.58 Å². The molecule has 7 heteroatoms. The van der Waals surface area contributed by atoms with Gasteiger partial charge in [-0.05, 0) is 54.4 Å². The van der Waals surface area contributed by atoms with Crippen LogP contribution in [0.5, 0.6) is 5.75 Å². The molecule has 3 aromatic rings. The average molecular weight is 434 g/mol. The number of para-hydroxylation sites is 1. The van der Waals surface area contributed by atoms with Crippen LogP contribution >= 0.6 is 11.6 Å². The maximum absolute atomic E-state index is 12.4. The van der Waals surface area contributed by atoms with Crippen molar-refractivity contribution in [3.63, 3.8) is 0 Å². The van der Waals surface area contributed by atoms with Gasteiger partial charge in [0.2, 0.25) is 0 Å². The van der Waals surface area contributed by atoms with Crippen molar-refractivity contribution < 1.29 is 14.7 Å². The van der Waals surface area contributed by atoms with Crippen molar-refractivity contribution in [1.82, 2.24) is 5.43 Å². The lowest BCUT2D eigenvalue weighted by molar-refractivity contribution is 0.0953. The van der Waals surface area contributed by atoms with Gasteiger partial charge in [0.25, 0.3) is 11.8 Å². The highest BCUT2D eigenvalue weighted by Gasteiger charge is 2.10. The van der Waals surface area contributed by atoms with Gasteiger partial charge < -0.3 is 10.4 Å². The molecule has 0 heterocycles. The van der Waals surface area contributed by atoms with Crippen molar-refractivity contribution in [2.75, 3.05) is 5.32 Å². The minimum Gasteiger partial charge on any atom is -0.507 e. The van der Waals surface area contributed by atoms with E-state index in [2.05, 4.69) is 22.4 Å². The Morgan fingerprint density at radius 3 is 2.45 bits per heavy atom. The number of nitrogens with zero attached hydrogens (tertiary/aromatic N) is 1. The van der Waals surface area contributed by atoms with Gasteiger partial charge in [0.1, 0.15) is 5.75 Å². The molecule has 156 valence electrons. The molecule has 0 saturated carbocycles. The zero-order valence-corrected chi connectivity index (χ0v) is 17.3. The molecule has 0 aliphatic carbocycles. The molecule has 0 unspecified atom stereocenters. The summed E-state index contributed by atoms with van der Waals surface area (Å²) in [5.41, 5.74) is 4.78. The Bertz CT molecular complexity index is 1160. The third kappa shape index (κ3) is 5.81. The molecule has 0 fully saturated rings. The van der Waals surface area contributed by atoms with Crippen molar-refractivity contribution in [3.8, 4) is 5.75 Å². The maximum Gasteiger partial charge on any atom is 0.271 e. The molecular formula is C24H20ClN3O3. The fourth-order valence-corrected chi connectivity index (χ4v) is 3.02. The van der Waals surface area contributed by atoms with Crippen molar-refractivity contribution in [3.05, 3.63) is 107 Å². The Balaban J connectivity index is 1.66. The topological polar surface area (TPSA) is 90.8 Å². The number of aromatic hydroxyl groups is 1. The lowest BCUT2D eigenvalue weighted by Gasteiger charge is -2.07. The van der Waals surface area contributed by atoms with E-state index in [9.17, 15) is 14.7 Å². The summed E-state index contributed by atoms with van der Waals surface area (Å²) in [5.74, 6) is -0.712. The number of allylic oxidation sites excluding steroid dienone is 1. The van der Waals surface area contributed by atoms with E-state index < -0.39 is 5.91 Å². The highest BCUT2D eigenvalue weighted by molar-refractivity contribution is 6.31. The van der Waals surface area contributed by atoms with E-state index in [0.29, 0.717) is 39.4 Å². The summed E-state index contributed by atoms with van der Waals surface area (Å²) in [6.45, 7) is 3.66. The minimum atomic E-state index is -0.461. The second kappa shape index (κ2) is 10.2.